The summed E-state index contributed by atoms with van der Waals surface area (Å²) in [4.78, 5) is 31.1. The Morgan fingerprint density at radius 1 is 0.939 bits per heavy atom. The Hall–Kier alpha value is -4.19. The lowest BCUT2D eigenvalue weighted by Gasteiger charge is -2.20. The Labute approximate surface area is 192 Å². The van der Waals surface area contributed by atoms with Gasteiger partial charge in [0.1, 0.15) is 5.75 Å². The molecule has 1 N–H and O–H groups in total. The molecule has 33 heavy (non-hydrogen) atoms. The number of benzene rings is 3. The number of nitrogens with one attached hydrogen (secondary N) is 1. The van der Waals surface area contributed by atoms with Crippen LogP contribution in [0.1, 0.15) is 34.6 Å². The number of carbonyl (C=O) groups excluding carboxylic acids is 2. The van der Waals surface area contributed by atoms with Crippen molar-refractivity contribution < 1.29 is 19.1 Å². The number of pyridine rings is 1. The molecule has 0 bridgehead atoms. The molecule has 6 heteroatoms. The molecular formula is C27H24N2O4. The number of nitrogens with zero attached hydrogens (tertiary/aromatic N) is 1. The van der Waals surface area contributed by atoms with Crippen LogP contribution >= 0.6 is 0 Å². The van der Waals surface area contributed by atoms with E-state index in [0.717, 1.165) is 0 Å². The summed E-state index contributed by atoms with van der Waals surface area (Å²) in [5, 5.41) is 3.51. The SMILES string of the molecule is CCOc1ccccc1NC(=O)[C@@H](OC(=O)c1cc(C)nc2ccccc12)c1ccccc1. The van der Waals surface area contributed by atoms with E-state index in [1.165, 1.54) is 0 Å². The minimum Gasteiger partial charge on any atom is -0.492 e. The molecule has 3 aromatic carbocycles. The Bertz CT molecular complexity index is 1290. The smallest absolute Gasteiger partial charge is 0.340 e. The largest absolute Gasteiger partial charge is 0.492 e. The van der Waals surface area contributed by atoms with Crippen LogP contribution in [0.25, 0.3) is 10.9 Å². The third-order valence-corrected chi connectivity index (χ3v) is 5.07. The van der Waals surface area contributed by atoms with Gasteiger partial charge in [0, 0.05) is 16.6 Å². The molecular weight excluding hydrogens is 416 g/mol. The van der Waals surface area contributed by atoms with E-state index in [1.807, 2.05) is 50.2 Å². The minimum atomic E-state index is -1.15. The molecule has 1 heterocycles. The molecule has 1 aromatic heterocycles. The average molecular weight is 440 g/mol. The molecule has 6 nitrogen and oxygen atoms in total. The van der Waals surface area contributed by atoms with Gasteiger partial charge < -0.3 is 14.8 Å². The first kappa shape index (κ1) is 22.0. The summed E-state index contributed by atoms with van der Waals surface area (Å²) in [5.41, 5.74) is 2.81. The maximum Gasteiger partial charge on any atom is 0.340 e. The third kappa shape index (κ3) is 5.01. The fraction of sp³-hybridized carbons (Fsp3) is 0.148. The van der Waals surface area contributed by atoms with Crippen molar-refractivity contribution in [3.63, 3.8) is 0 Å². The monoisotopic (exact) mass is 440 g/mol. The van der Waals surface area contributed by atoms with E-state index in [0.29, 0.717) is 45.8 Å². The van der Waals surface area contributed by atoms with Crippen molar-refractivity contribution in [2.24, 2.45) is 0 Å². The highest BCUT2D eigenvalue weighted by atomic mass is 16.5. The van der Waals surface area contributed by atoms with Crippen LogP contribution in [0.15, 0.2) is 84.9 Å². The zero-order chi connectivity index (χ0) is 23.2. The minimum absolute atomic E-state index is 0.363. The van der Waals surface area contributed by atoms with Crippen molar-refractivity contribution in [2.45, 2.75) is 20.0 Å². The first-order chi connectivity index (χ1) is 16.1. The number of anilines is 1. The van der Waals surface area contributed by atoms with Crippen LogP contribution in [-0.4, -0.2) is 23.5 Å². The molecule has 0 aliphatic heterocycles. The molecule has 0 aliphatic carbocycles. The van der Waals surface area contributed by atoms with Crippen molar-refractivity contribution in [1.29, 1.82) is 0 Å². The maximum atomic E-state index is 13.3. The van der Waals surface area contributed by atoms with Gasteiger partial charge in [-0.2, -0.15) is 0 Å². The number of esters is 1. The number of para-hydroxylation sites is 3. The topological polar surface area (TPSA) is 77.5 Å². The predicted octanol–water partition coefficient (Wildman–Crippen LogP) is 5.48. The van der Waals surface area contributed by atoms with Crippen LogP contribution in [0.5, 0.6) is 5.75 Å². The number of fused-ring (bicyclic) bond motifs is 1. The van der Waals surface area contributed by atoms with Gasteiger partial charge in [-0.1, -0.05) is 60.7 Å². The Morgan fingerprint density at radius 2 is 1.64 bits per heavy atom. The number of rotatable bonds is 7. The van der Waals surface area contributed by atoms with Crippen molar-refractivity contribution in [3.05, 3.63) is 102 Å². The predicted molar refractivity (Wildman–Crippen MR) is 127 cm³/mol. The van der Waals surface area contributed by atoms with Gasteiger partial charge in [0.15, 0.2) is 0 Å². The number of ether oxygens (including phenoxy) is 2. The third-order valence-electron chi connectivity index (χ3n) is 5.07. The molecule has 0 spiro atoms. The summed E-state index contributed by atoms with van der Waals surface area (Å²) in [5.74, 6) is -0.530. The van der Waals surface area contributed by atoms with Crippen molar-refractivity contribution in [1.82, 2.24) is 4.98 Å². The van der Waals surface area contributed by atoms with E-state index in [-0.39, 0.29) is 0 Å². The van der Waals surface area contributed by atoms with Gasteiger partial charge in [-0.05, 0) is 38.1 Å². The van der Waals surface area contributed by atoms with Crippen LogP contribution in [0.3, 0.4) is 0 Å². The number of amides is 1. The van der Waals surface area contributed by atoms with Crippen LogP contribution in [0.4, 0.5) is 5.69 Å². The van der Waals surface area contributed by atoms with Crippen LogP contribution < -0.4 is 10.1 Å². The lowest BCUT2D eigenvalue weighted by molar-refractivity contribution is -0.125. The van der Waals surface area contributed by atoms with Crippen LogP contribution in [0, 0.1) is 6.92 Å². The molecule has 1 amide bonds. The molecule has 0 unspecified atom stereocenters. The molecule has 0 radical (unpaired) electrons. The first-order valence-electron chi connectivity index (χ1n) is 10.7. The summed E-state index contributed by atoms with van der Waals surface area (Å²) in [6.45, 7) is 4.14. The summed E-state index contributed by atoms with van der Waals surface area (Å²) >= 11 is 0. The van der Waals surface area contributed by atoms with Gasteiger partial charge in [0.05, 0.1) is 23.4 Å². The normalized spacial score (nSPS) is 11.6. The maximum absolute atomic E-state index is 13.3. The number of carbonyl (C=O) groups is 2. The highest BCUT2D eigenvalue weighted by Gasteiger charge is 2.27. The van der Waals surface area contributed by atoms with Crippen molar-refractivity contribution >= 4 is 28.5 Å². The zero-order valence-corrected chi connectivity index (χ0v) is 18.4. The average Bonchev–Trinajstić information content (AvgIpc) is 2.83. The van der Waals surface area contributed by atoms with E-state index in [4.69, 9.17) is 9.47 Å². The first-order valence-corrected chi connectivity index (χ1v) is 10.7. The molecule has 4 rings (SSSR count). The fourth-order valence-corrected chi connectivity index (χ4v) is 3.60. The van der Waals surface area contributed by atoms with Crippen molar-refractivity contribution in [2.75, 3.05) is 11.9 Å². The number of aryl methyl sites for hydroxylation is 1. The Balaban J connectivity index is 1.67. The highest BCUT2D eigenvalue weighted by Crippen LogP contribution is 2.28. The summed E-state index contributed by atoms with van der Waals surface area (Å²) < 4.78 is 11.4. The number of aromatic nitrogens is 1. The molecule has 166 valence electrons. The van der Waals surface area contributed by atoms with Gasteiger partial charge in [0.25, 0.3) is 5.91 Å². The van der Waals surface area contributed by atoms with Gasteiger partial charge in [0.2, 0.25) is 6.10 Å². The lowest BCUT2D eigenvalue weighted by Crippen LogP contribution is -2.26. The summed E-state index contributed by atoms with van der Waals surface area (Å²) in [7, 11) is 0. The second-order valence-electron chi connectivity index (χ2n) is 7.44. The zero-order valence-electron chi connectivity index (χ0n) is 18.4. The molecule has 0 aliphatic rings. The van der Waals surface area contributed by atoms with Crippen LogP contribution in [0.2, 0.25) is 0 Å². The van der Waals surface area contributed by atoms with E-state index in [9.17, 15) is 9.59 Å². The van der Waals surface area contributed by atoms with E-state index in [2.05, 4.69) is 10.3 Å². The molecule has 1 atom stereocenters. The quantitative estimate of drug-likeness (QED) is 0.385. The molecule has 0 saturated carbocycles. The van der Waals surface area contributed by atoms with E-state index in [1.54, 1.807) is 48.5 Å². The standard InChI is InChI=1S/C27H24N2O4/c1-3-32-24-16-10-9-15-23(24)29-26(30)25(19-11-5-4-6-12-19)33-27(31)21-17-18(2)28-22-14-8-7-13-20(21)22/h4-17,25H,3H2,1-2H3,(H,29,30)/t25-/m0/s1. The summed E-state index contributed by atoms with van der Waals surface area (Å²) in [6.07, 6.45) is -1.15. The van der Waals surface area contributed by atoms with Gasteiger partial charge in [-0.3, -0.25) is 9.78 Å². The number of hydrogen-bond donors (Lipinski definition) is 1. The second kappa shape index (κ2) is 9.96. The van der Waals surface area contributed by atoms with Gasteiger partial charge in [-0.15, -0.1) is 0 Å². The Morgan fingerprint density at radius 3 is 2.42 bits per heavy atom. The van der Waals surface area contributed by atoms with Crippen LogP contribution in [-0.2, 0) is 9.53 Å². The van der Waals surface area contributed by atoms with Gasteiger partial charge in [-0.25, -0.2) is 4.79 Å². The van der Waals surface area contributed by atoms with Crippen molar-refractivity contribution in [3.8, 4) is 5.75 Å². The fourth-order valence-electron chi connectivity index (χ4n) is 3.60. The number of hydrogen-bond acceptors (Lipinski definition) is 5. The molecule has 0 saturated heterocycles. The summed E-state index contributed by atoms with van der Waals surface area (Å²) in [6, 6.07) is 25.1. The van der Waals surface area contributed by atoms with E-state index < -0.39 is 18.0 Å². The highest BCUT2D eigenvalue weighted by molar-refractivity contribution is 6.05. The van der Waals surface area contributed by atoms with Gasteiger partial charge >= 0.3 is 5.97 Å². The lowest BCUT2D eigenvalue weighted by atomic mass is 10.1. The van der Waals surface area contributed by atoms with E-state index >= 15 is 0 Å². The molecule has 4 aromatic rings. The Kier molecular flexibility index (Phi) is 6.64. The molecule has 0 fully saturated rings. The second-order valence-corrected chi connectivity index (χ2v) is 7.44.